The summed E-state index contributed by atoms with van der Waals surface area (Å²) in [5, 5.41) is 26.2. The van der Waals surface area contributed by atoms with Gasteiger partial charge in [0, 0.05) is 43.7 Å². The summed E-state index contributed by atoms with van der Waals surface area (Å²) in [7, 11) is 0. The Morgan fingerprint density at radius 2 is 0.959 bits per heavy atom. The molecular formula is C44H24N4O. The number of hydrogen-bond acceptors (Lipinski definition) is 3. The highest BCUT2D eigenvalue weighted by atomic mass is 16.3. The maximum atomic E-state index is 10.6. The molecular weight excluding hydrogens is 601 g/mol. The van der Waals surface area contributed by atoms with Crippen LogP contribution in [-0.2, 0) is 0 Å². The van der Waals surface area contributed by atoms with Crippen molar-refractivity contribution in [3.05, 3.63) is 157 Å². The molecule has 0 amide bonds. The Morgan fingerprint density at radius 1 is 0.429 bits per heavy atom. The molecule has 226 valence electrons. The van der Waals surface area contributed by atoms with Crippen LogP contribution in [0.15, 0.2) is 150 Å². The van der Waals surface area contributed by atoms with E-state index >= 15 is 0 Å². The normalized spacial score (nSPS) is 11.6. The van der Waals surface area contributed by atoms with Gasteiger partial charge < -0.3 is 13.6 Å². The zero-order chi connectivity index (χ0) is 32.6. The van der Waals surface area contributed by atoms with Gasteiger partial charge in [-0.25, -0.2) is 0 Å². The lowest BCUT2D eigenvalue weighted by molar-refractivity contribution is 0.667. The second-order valence-electron chi connectivity index (χ2n) is 12.4. The number of furan rings is 1. The standard InChI is InChI=1S/C44H24N4O/c45-25-29-12-9-18-34-36-24-41-42(37(26-46)44(36)49-43(29)34)35-17-3-6-21-40(35)48(41)31-14-8-11-28(23-31)27-10-7-13-30(22-27)47-38-19-4-1-15-32(38)33-16-2-5-20-39(33)47/h1-24H. The van der Waals surface area contributed by atoms with Crippen molar-refractivity contribution in [3.8, 4) is 34.6 Å². The van der Waals surface area contributed by atoms with Gasteiger partial charge in [-0.1, -0.05) is 91.0 Å². The average Bonchev–Trinajstić information content (AvgIpc) is 3.82. The highest BCUT2D eigenvalue weighted by molar-refractivity contribution is 6.21. The third-order valence-corrected chi connectivity index (χ3v) is 9.78. The van der Waals surface area contributed by atoms with Crippen LogP contribution in [-0.4, -0.2) is 9.13 Å². The van der Waals surface area contributed by atoms with E-state index in [4.69, 9.17) is 4.42 Å². The Balaban J connectivity index is 1.21. The Hall–Kier alpha value is -7.08. The molecule has 10 rings (SSSR count). The molecule has 5 nitrogen and oxygen atoms in total. The van der Waals surface area contributed by atoms with Crippen LogP contribution in [0.2, 0.25) is 0 Å². The van der Waals surface area contributed by atoms with E-state index in [0.717, 1.165) is 55.1 Å². The second kappa shape index (κ2) is 10.2. The summed E-state index contributed by atoms with van der Waals surface area (Å²) in [6.07, 6.45) is 0. The molecule has 0 aliphatic rings. The molecule has 0 spiro atoms. The fraction of sp³-hybridized carbons (Fsp3) is 0. The van der Waals surface area contributed by atoms with Crippen LogP contribution >= 0.6 is 0 Å². The minimum atomic E-state index is 0.450. The van der Waals surface area contributed by atoms with Crippen molar-refractivity contribution in [2.24, 2.45) is 0 Å². The minimum Gasteiger partial charge on any atom is -0.453 e. The van der Waals surface area contributed by atoms with Crippen molar-refractivity contribution >= 4 is 65.6 Å². The van der Waals surface area contributed by atoms with E-state index in [1.807, 2.05) is 24.3 Å². The third kappa shape index (κ3) is 3.79. The first kappa shape index (κ1) is 27.1. The smallest absolute Gasteiger partial charge is 0.154 e. The Kier molecular flexibility index (Phi) is 5.64. The molecule has 3 aromatic heterocycles. The largest absolute Gasteiger partial charge is 0.453 e. The monoisotopic (exact) mass is 624 g/mol. The zero-order valence-electron chi connectivity index (χ0n) is 26.1. The molecule has 0 saturated carbocycles. The number of nitrogens with zero attached hydrogens (tertiary/aromatic N) is 4. The molecule has 0 atom stereocenters. The van der Waals surface area contributed by atoms with Gasteiger partial charge in [0.2, 0.25) is 0 Å². The maximum Gasteiger partial charge on any atom is 0.154 e. The quantitative estimate of drug-likeness (QED) is 0.196. The number of benzene rings is 7. The molecule has 0 fully saturated rings. The molecule has 0 aliphatic carbocycles. The Labute approximate surface area is 280 Å². The number of nitriles is 2. The van der Waals surface area contributed by atoms with Crippen molar-refractivity contribution in [2.75, 3.05) is 0 Å². The van der Waals surface area contributed by atoms with Crippen molar-refractivity contribution < 1.29 is 4.42 Å². The van der Waals surface area contributed by atoms with Crippen LogP contribution in [0, 0.1) is 22.7 Å². The average molecular weight is 625 g/mol. The fourth-order valence-electron chi connectivity index (χ4n) is 7.70. The van der Waals surface area contributed by atoms with Crippen LogP contribution in [0.4, 0.5) is 0 Å². The Bertz CT molecular complexity index is 3030. The van der Waals surface area contributed by atoms with Crippen molar-refractivity contribution in [3.63, 3.8) is 0 Å². The summed E-state index contributed by atoms with van der Waals surface area (Å²) >= 11 is 0. The summed E-state index contributed by atoms with van der Waals surface area (Å²) < 4.78 is 10.9. The van der Waals surface area contributed by atoms with Gasteiger partial charge >= 0.3 is 0 Å². The van der Waals surface area contributed by atoms with Gasteiger partial charge in [0.25, 0.3) is 0 Å². The van der Waals surface area contributed by atoms with Gasteiger partial charge in [0.05, 0.1) is 27.6 Å². The first-order valence-corrected chi connectivity index (χ1v) is 16.1. The molecule has 5 heteroatoms. The Morgan fingerprint density at radius 3 is 1.57 bits per heavy atom. The molecule has 0 N–H and O–H groups in total. The first-order chi connectivity index (χ1) is 24.2. The van der Waals surface area contributed by atoms with Crippen LogP contribution in [0.25, 0.3) is 88.1 Å². The van der Waals surface area contributed by atoms with Crippen LogP contribution in [0.5, 0.6) is 0 Å². The van der Waals surface area contributed by atoms with Gasteiger partial charge in [-0.05, 0) is 65.7 Å². The molecule has 0 unspecified atom stereocenters. The number of para-hydroxylation sites is 4. The van der Waals surface area contributed by atoms with Gasteiger partial charge in [0.1, 0.15) is 17.7 Å². The van der Waals surface area contributed by atoms with Crippen molar-refractivity contribution in [1.29, 1.82) is 10.5 Å². The van der Waals surface area contributed by atoms with Crippen LogP contribution in [0.3, 0.4) is 0 Å². The SMILES string of the molecule is N#Cc1cccc2c1oc1c(C#N)c3c4ccccc4n(-c4cccc(-c5cccc(-n6c7ccccc7c7ccccc76)c5)c4)c3cc12. The van der Waals surface area contributed by atoms with Gasteiger partial charge in [-0.15, -0.1) is 0 Å². The van der Waals surface area contributed by atoms with E-state index in [9.17, 15) is 10.5 Å². The summed E-state index contributed by atoms with van der Waals surface area (Å²) in [6, 6.07) is 54.9. The van der Waals surface area contributed by atoms with Gasteiger partial charge in [-0.2, -0.15) is 10.5 Å². The molecule has 0 saturated heterocycles. The first-order valence-electron chi connectivity index (χ1n) is 16.1. The number of hydrogen-bond donors (Lipinski definition) is 0. The van der Waals surface area contributed by atoms with Crippen LogP contribution < -0.4 is 0 Å². The van der Waals surface area contributed by atoms with E-state index in [1.165, 1.54) is 21.8 Å². The van der Waals surface area contributed by atoms with E-state index < -0.39 is 0 Å². The topological polar surface area (TPSA) is 70.6 Å². The summed E-state index contributed by atoms with van der Waals surface area (Å²) in [5.41, 5.74) is 10.5. The second-order valence-corrected chi connectivity index (χ2v) is 12.4. The highest BCUT2D eigenvalue weighted by Crippen LogP contribution is 2.42. The molecule has 0 radical (unpaired) electrons. The van der Waals surface area contributed by atoms with Gasteiger partial charge in [-0.3, -0.25) is 0 Å². The fourth-order valence-corrected chi connectivity index (χ4v) is 7.70. The van der Waals surface area contributed by atoms with E-state index in [1.54, 1.807) is 6.07 Å². The number of aromatic nitrogens is 2. The lowest BCUT2D eigenvalue weighted by Crippen LogP contribution is -1.96. The van der Waals surface area contributed by atoms with Crippen molar-refractivity contribution in [1.82, 2.24) is 9.13 Å². The summed E-state index contributed by atoms with van der Waals surface area (Å²) in [4.78, 5) is 0. The molecule has 3 heterocycles. The van der Waals surface area contributed by atoms with E-state index in [0.29, 0.717) is 22.3 Å². The molecule has 10 aromatic rings. The van der Waals surface area contributed by atoms with Gasteiger partial charge in [0.15, 0.2) is 11.2 Å². The number of rotatable bonds is 3. The lowest BCUT2D eigenvalue weighted by Gasteiger charge is -2.13. The molecule has 0 aliphatic heterocycles. The predicted octanol–water partition coefficient (Wildman–Crippen LogP) is 11.2. The van der Waals surface area contributed by atoms with Crippen LogP contribution in [0.1, 0.15) is 11.1 Å². The zero-order valence-corrected chi connectivity index (χ0v) is 26.1. The third-order valence-electron chi connectivity index (χ3n) is 9.78. The predicted molar refractivity (Wildman–Crippen MR) is 197 cm³/mol. The highest BCUT2D eigenvalue weighted by Gasteiger charge is 2.22. The van der Waals surface area contributed by atoms with E-state index in [-0.39, 0.29) is 0 Å². The molecule has 7 aromatic carbocycles. The minimum absolute atomic E-state index is 0.450. The maximum absolute atomic E-state index is 10.6. The lowest BCUT2D eigenvalue weighted by atomic mass is 10.0. The van der Waals surface area contributed by atoms with Crippen molar-refractivity contribution in [2.45, 2.75) is 0 Å². The summed E-state index contributed by atoms with van der Waals surface area (Å²) in [5.74, 6) is 0. The van der Waals surface area contributed by atoms with E-state index in [2.05, 4.69) is 137 Å². The number of fused-ring (bicyclic) bond motifs is 9. The molecule has 0 bridgehead atoms. The molecule has 49 heavy (non-hydrogen) atoms. The summed E-state index contributed by atoms with van der Waals surface area (Å²) in [6.45, 7) is 0.